The topological polar surface area (TPSA) is 32.3 Å². The first-order chi connectivity index (χ1) is 8.90. The molecule has 0 heterocycles. The molecule has 0 aliphatic heterocycles. The Morgan fingerprint density at radius 1 is 1.37 bits per heavy atom. The highest BCUT2D eigenvalue weighted by Crippen LogP contribution is 2.33. The van der Waals surface area contributed by atoms with E-state index in [-0.39, 0.29) is 0 Å². The highest BCUT2D eigenvalue weighted by Gasteiger charge is 2.26. The lowest BCUT2D eigenvalue weighted by Crippen LogP contribution is -2.36. The molecule has 2 nitrogen and oxygen atoms in total. The molecule has 1 aromatic rings. The van der Waals surface area contributed by atoms with Crippen LogP contribution in [0.3, 0.4) is 0 Å². The van der Waals surface area contributed by atoms with Crippen molar-refractivity contribution in [3.05, 3.63) is 29.3 Å². The second-order valence-corrected chi connectivity index (χ2v) is 6.85. The van der Waals surface area contributed by atoms with Gasteiger partial charge in [-0.05, 0) is 53.9 Å². The molecule has 0 aromatic heterocycles. The van der Waals surface area contributed by atoms with Crippen molar-refractivity contribution >= 4 is 0 Å². The van der Waals surface area contributed by atoms with Crippen molar-refractivity contribution in [1.29, 1.82) is 0 Å². The van der Waals surface area contributed by atoms with Crippen LogP contribution in [0.1, 0.15) is 57.7 Å². The average molecular weight is 261 g/mol. The molecule has 0 spiro atoms. The van der Waals surface area contributed by atoms with Crippen molar-refractivity contribution in [3.63, 3.8) is 0 Å². The first kappa shape index (κ1) is 14.4. The van der Waals surface area contributed by atoms with Gasteiger partial charge in [-0.25, -0.2) is 0 Å². The zero-order valence-corrected chi connectivity index (χ0v) is 12.7. The summed E-state index contributed by atoms with van der Waals surface area (Å²) >= 11 is 0. The standard InChI is InChI=1S/C17H27NO/c1-12(2)17(3,4)11-18-16-7-5-6-13-10-14(19)8-9-15(13)16/h8-10,12,16,18-19H,5-7,11H2,1-4H3. The maximum Gasteiger partial charge on any atom is 0.115 e. The predicted molar refractivity (Wildman–Crippen MR) is 80.4 cm³/mol. The van der Waals surface area contributed by atoms with E-state index in [1.165, 1.54) is 24.0 Å². The van der Waals surface area contributed by atoms with E-state index >= 15 is 0 Å². The molecule has 0 bridgehead atoms. The summed E-state index contributed by atoms with van der Waals surface area (Å²) in [6.07, 6.45) is 3.50. The number of rotatable bonds is 4. The van der Waals surface area contributed by atoms with E-state index in [4.69, 9.17) is 0 Å². The van der Waals surface area contributed by atoms with Gasteiger partial charge in [0.15, 0.2) is 0 Å². The maximum absolute atomic E-state index is 9.59. The summed E-state index contributed by atoms with van der Waals surface area (Å²) in [5.41, 5.74) is 3.00. The van der Waals surface area contributed by atoms with E-state index in [2.05, 4.69) is 39.1 Å². The minimum Gasteiger partial charge on any atom is -0.508 e. The number of hydrogen-bond acceptors (Lipinski definition) is 2. The van der Waals surface area contributed by atoms with Gasteiger partial charge < -0.3 is 10.4 Å². The largest absolute Gasteiger partial charge is 0.508 e. The summed E-state index contributed by atoms with van der Waals surface area (Å²) in [6, 6.07) is 6.27. The smallest absolute Gasteiger partial charge is 0.115 e. The number of phenols is 1. The normalized spacial score (nSPS) is 19.5. The lowest BCUT2D eigenvalue weighted by atomic mass is 9.80. The Labute approximate surface area is 117 Å². The molecule has 1 aromatic carbocycles. The Morgan fingerprint density at radius 2 is 2.11 bits per heavy atom. The van der Waals surface area contributed by atoms with Gasteiger partial charge in [-0.3, -0.25) is 0 Å². The van der Waals surface area contributed by atoms with Gasteiger partial charge in [0, 0.05) is 12.6 Å². The van der Waals surface area contributed by atoms with Crippen LogP contribution >= 0.6 is 0 Å². The first-order valence-corrected chi connectivity index (χ1v) is 7.45. The molecule has 0 fully saturated rings. The van der Waals surface area contributed by atoms with Crippen LogP contribution in [0.25, 0.3) is 0 Å². The number of aromatic hydroxyl groups is 1. The highest BCUT2D eigenvalue weighted by molar-refractivity contribution is 5.38. The van der Waals surface area contributed by atoms with Gasteiger partial charge >= 0.3 is 0 Å². The van der Waals surface area contributed by atoms with Gasteiger partial charge in [0.1, 0.15) is 5.75 Å². The van der Waals surface area contributed by atoms with E-state index < -0.39 is 0 Å². The molecule has 106 valence electrons. The predicted octanol–water partition coefficient (Wildman–Crippen LogP) is 4.04. The van der Waals surface area contributed by atoms with Crippen LogP contribution in [-0.2, 0) is 6.42 Å². The molecular formula is C17H27NO. The molecule has 2 rings (SSSR count). The Morgan fingerprint density at radius 3 is 2.79 bits per heavy atom. The molecule has 2 heteroatoms. The highest BCUT2D eigenvalue weighted by atomic mass is 16.3. The zero-order chi connectivity index (χ0) is 14.0. The molecule has 0 saturated heterocycles. The Balaban J connectivity index is 2.08. The Kier molecular flexibility index (Phi) is 4.19. The number of nitrogens with one attached hydrogen (secondary N) is 1. The van der Waals surface area contributed by atoms with E-state index in [1.807, 2.05) is 12.1 Å². The van der Waals surface area contributed by atoms with Crippen LogP contribution < -0.4 is 5.32 Å². The molecule has 1 aliphatic rings. The Bertz CT molecular complexity index is 437. The lowest BCUT2D eigenvalue weighted by Gasteiger charge is -2.34. The van der Waals surface area contributed by atoms with Crippen molar-refractivity contribution in [3.8, 4) is 5.75 Å². The monoisotopic (exact) mass is 261 g/mol. The van der Waals surface area contributed by atoms with E-state index in [1.54, 1.807) is 0 Å². The molecule has 1 unspecified atom stereocenters. The fourth-order valence-corrected chi connectivity index (χ4v) is 2.60. The minimum atomic E-state index is 0.314. The third-order valence-corrected chi connectivity index (χ3v) is 4.81. The summed E-state index contributed by atoms with van der Waals surface area (Å²) in [7, 11) is 0. The molecule has 19 heavy (non-hydrogen) atoms. The van der Waals surface area contributed by atoms with Gasteiger partial charge in [0.2, 0.25) is 0 Å². The van der Waals surface area contributed by atoms with Crippen LogP contribution in [0.5, 0.6) is 5.75 Å². The maximum atomic E-state index is 9.59. The van der Waals surface area contributed by atoms with E-state index in [9.17, 15) is 5.11 Å². The molecule has 1 atom stereocenters. The van der Waals surface area contributed by atoms with Gasteiger partial charge in [0.05, 0.1) is 0 Å². The van der Waals surface area contributed by atoms with Gasteiger partial charge in [-0.2, -0.15) is 0 Å². The molecule has 0 amide bonds. The second-order valence-electron chi connectivity index (χ2n) is 6.85. The van der Waals surface area contributed by atoms with Crippen LogP contribution in [0.2, 0.25) is 0 Å². The van der Waals surface area contributed by atoms with Gasteiger partial charge in [0.25, 0.3) is 0 Å². The fraction of sp³-hybridized carbons (Fsp3) is 0.647. The fourth-order valence-electron chi connectivity index (χ4n) is 2.60. The van der Waals surface area contributed by atoms with Crippen LogP contribution in [0.15, 0.2) is 18.2 Å². The average Bonchev–Trinajstić information content (AvgIpc) is 2.35. The van der Waals surface area contributed by atoms with Gasteiger partial charge in [-0.15, -0.1) is 0 Å². The third-order valence-electron chi connectivity index (χ3n) is 4.81. The molecular weight excluding hydrogens is 234 g/mol. The number of fused-ring (bicyclic) bond motifs is 1. The van der Waals surface area contributed by atoms with Crippen LogP contribution in [-0.4, -0.2) is 11.7 Å². The quantitative estimate of drug-likeness (QED) is 0.857. The number of benzene rings is 1. The van der Waals surface area contributed by atoms with Gasteiger partial charge in [-0.1, -0.05) is 33.8 Å². The summed E-state index contributed by atoms with van der Waals surface area (Å²) < 4.78 is 0. The van der Waals surface area contributed by atoms with Crippen LogP contribution in [0.4, 0.5) is 0 Å². The van der Waals surface area contributed by atoms with Crippen molar-refractivity contribution in [2.75, 3.05) is 6.54 Å². The number of phenolic OH excluding ortho intramolecular Hbond substituents is 1. The zero-order valence-electron chi connectivity index (χ0n) is 12.7. The van der Waals surface area contributed by atoms with Crippen molar-refractivity contribution in [2.45, 2.75) is 53.0 Å². The summed E-state index contributed by atoms with van der Waals surface area (Å²) in [4.78, 5) is 0. The minimum absolute atomic E-state index is 0.314. The molecule has 1 aliphatic carbocycles. The van der Waals surface area contributed by atoms with E-state index in [0.29, 0.717) is 23.1 Å². The number of hydrogen-bond donors (Lipinski definition) is 2. The first-order valence-electron chi connectivity index (χ1n) is 7.45. The molecule has 0 radical (unpaired) electrons. The van der Waals surface area contributed by atoms with E-state index in [0.717, 1.165) is 13.0 Å². The second kappa shape index (κ2) is 5.54. The lowest BCUT2D eigenvalue weighted by molar-refractivity contribution is 0.224. The molecule has 2 N–H and O–H groups in total. The SMILES string of the molecule is CC(C)C(C)(C)CNC1CCCc2cc(O)ccc21. The number of aryl methyl sites for hydroxylation is 1. The van der Waals surface area contributed by atoms with Crippen molar-refractivity contribution in [1.82, 2.24) is 5.32 Å². The summed E-state index contributed by atoms with van der Waals surface area (Å²) in [5, 5.41) is 13.3. The van der Waals surface area contributed by atoms with Crippen LogP contribution in [0, 0.1) is 11.3 Å². The summed E-state index contributed by atoms with van der Waals surface area (Å²) in [6.45, 7) is 10.3. The molecule has 0 saturated carbocycles. The van der Waals surface area contributed by atoms with Crippen molar-refractivity contribution in [2.24, 2.45) is 11.3 Å². The Hall–Kier alpha value is -1.02. The third kappa shape index (κ3) is 3.30. The van der Waals surface area contributed by atoms with Crippen molar-refractivity contribution < 1.29 is 5.11 Å². The summed E-state index contributed by atoms with van der Waals surface area (Å²) in [5.74, 6) is 1.06.